The van der Waals surface area contributed by atoms with Gasteiger partial charge in [0.15, 0.2) is 0 Å². The number of halogens is 2. The third-order valence-electron chi connectivity index (χ3n) is 3.04. The molecule has 98 valence electrons. The van der Waals surface area contributed by atoms with E-state index in [1.165, 1.54) is 5.52 Å². The Hall–Kier alpha value is -0.540. The summed E-state index contributed by atoms with van der Waals surface area (Å²) in [5.41, 5.74) is 2.26. The van der Waals surface area contributed by atoms with Crippen LogP contribution in [0.2, 0.25) is 0 Å². The van der Waals surface area contributed by atoms with E-state index in [-0.39, 0.29) is 0 Å². The molecule has 0 aliphatic heterocycles. The van der Waals surface area contributed by atoms with Crippen LogP contribution in [0.1, 0.15) is 26.1 Å². The van der Waals surface area contributed by atoms with Crippen LogP contribution in [0.3, 0.4) is 0 Å². The summed E-state index contributed by atoms with van der Waals surface area (Å²) >= 11 is 9.36. The van der Waals surface area contributed by atoms with Crippen molar-refractivity contribution in [2.75, 3.05) is 5.88 Å². The first-order valence-electron chi connectivity index (χ1n) is 6.32. The third kappa shape index (κ3) is 3.07. The predicted octanol–water partition coefficient (Wildman–Crippen LogP) is 4.63. The molecule has 4 heteroatoms. The van der Waals surface area contributed by atoms with Gasteiger partial charge in [0.05, 0.1) is 11.0 Å². The minimum Gasteiger partial charge on any atom is -0.328 e. The fraction of sp³-hybridized carbons (Fsp3) is 0.500. The number of benzene rings is 1. The Labute approximate surface area is 121 Å². The van der Waals surface area contributed by atoms with Crippen LogP contribution in [0.4, 0.5) is 0 Å². The molecule has 1 aromatic heterocycles. The van der Waals surface area contributed by atoms with Gasteiger partial charge in [0.25, 0.3) is 0 Å². The number of aromatic nitrogens is 2. The van der Waals surface area contributed by atoms with Crippen molar-refractivity contribution >= 4 is 38.6 Å². The summed E-state index contributed by atoms with van der Waals surface area (Å²) < 4.78 is 3.38. The van der Waals surface area contributed by atoms with Crippen LogP contribution >= 0.6 is 27.5 Å². The van der Waals surface area contributed by atoms with Crippen LogP contribution in [-0.4, -0.2) is 15.4 Å². The van der Waals surface area contributed by atoms with E-state index in [2.05, 4.69) is 57.5 Å². The van der Waals surface area contributed by atoms with Crippen molar-refractivity contribution in [2.24, 2.45) is 5.92 Å². The van der Waals surface area contributed by atoms with Crippen LogP contribution in [0.15, 0.2) is 22.7 Å². The van der Waals surface area contributed by atoms with Crippen LogP contribution in [0, 0.1) is 5.92 Å². The zero-order valence-corrected chi connectivity index (χ0v) is 13.1. The van der Waals surface area contributed by atoms with Crippen molar-refractivity contribution < 1.29 is 0 Å². The fourth-order valence-electron chi connectivity index (χ4n) is 2.07. The van der Waals surface area contributed by atoms with E-state index in [1.54, 1.807) is 0 Å². The lowest BCUT2D eigenvalue weighted by atomic mass is 10.1. The number of rotatable bonds is 5. The van der Waals surface area contributed by atoms with Gasteiger partial charge >= 0.3 is 0 Å². The van der Waals surface area contributed by atoms with Crippen molar-refractivity contribution in [2.45, 2.75) is 33.2 Å². The molecule has 0 saturated heterocycles. The van der Waals surface area contributed by atoms with Crippen molar-refractivity contribution in [3.05, 3.63) is 28.5 Å². The Morgan fingerprint density at radius 1 is 1.39 bits per heavy atom. The lowest BCUT2D eigenvalue weighted by molar-refractivity contribution is 0.513. The maximum Gasteiger partial charge on any atom is 0.111 e. The number of alkyl halides is 1. The van der Waals surface area contributed by atoms with Gasteiger partial charge in [-0.15, -0.1) is 11.6 Å². The van der Waals surface area contributed by atoms with Gasteiger partial charge < -0.3 is 4.57 Å². The highest BCUT2D eigenvalue weighted by molar-refractivity contribution is 9.10. The van der Waals surface area contributed by atoms with Gasteiger partial charge in [0.1, 0.15) is 5.82 Å². The van der Waals surface area contributed by atoms with Crippen LogP contribution < -0.4 is 0 Å². The van der Waals surface area contributed by atoms with E-state index >= 15 is 0 Å². The van der Waals surface area contributed by atoms with Crippen molar-refractivity contribution in [1.82, 2.24) is 9.55 Å². The molecule has 1 aromatic carbocycles. The molecule has 0 unspecified atom stereocenters. The molecule has 1 heterocycles. The Kier molecular flexibility index (Phi) is 4.68. The first kappa shape index (κ1) is 13.9. The smallest absolute Gasteiger partial charge is 0.111 e. The van der Waals surface area contributed by atoms with E-state index in [4.69, 9.17) is 11.6 Å². The number of imidazole rings is 1. The largest absolute Gasteiger partial charge is 0.328 e. The molecule has 2 aromatic rings. The molecule has 0 spiro atoms. The maximum absolute atomic E-state index is 5.87. The molecule has 18 heavy (non-hydrogen) atoms. The second-order valence-electron chi connectivity index (χ2n) is 4.93. The zero-order valence-electron chi connectivity index (χ0n) is 10.8. The highest BCUT2D eigenvalue weighted by atomic mass is 79.9. The van der Waals surface area contributed by atoms with Gasteiger partial charge in [-0.3, -0.25) is 0 Å². The molecule has 0 aliphatic carbocycles. The van der Waals surface area contributed by atoms with Crippen LogP contribution in [0.25, 0.3) is 11.0 Å². The minimum absolute atomic E-state index is 0.617. The van der Waals surface area contributed by atoms with Crippen LogP contribution in [0.5, 0.6) is 0 Å². The Morgan fingerprint density at radius 3 is 2.83 bits per heavy atom. The van der Waals surface area contributed by atoms with E-state index < -0.39 is 0 Å². The fourth-order valence-corrected chi connectivity index (χ4v) is 2.58. The summed E-state index contributed by atoms with van der Waals surface area (Å²) in [6, 6.07) is 6.27. The average molecular weight is 330 g/mol. The molecule has 0 bridgehead atoms. The average Bonchev–Trinajstić information content (AvgIpc) is 2.63. The molecular formula is C14H18BrClN2. The molecular weight excluding hydrogens is 312 g/mol. The highest BCUT2D eigenvalue weighted by Gasteiger charge is 2.10. The quantitative estimate of drug-likeness (QED) is 0.732. The minimum atomic E-state index is 0.617. The lowest BCUT2D eigenvalue weighted by Crippen LogP contribution is -2.06. The Morgan fingerprint density at radius 2 is 2.17 bits per heavy atom. The summed E-state index contributed by atoms with van der Waals surface area (Å²) in [6.45, 7) is 5.51. The van der Waals surface area contributed by atoms with E-state index in [9.17, 15) is 0 Å². The highest BCUT2D eigenvalue weighted by Crippen LogP contribution is 2.22. The monoisotopic (exact) mass is 328 g/mol. The standard InChI is InChI=1S/C14H18BrClN2/c1-10(2)6-8-18-13-4-3-11(15)9-12(13)17-14(18)5-7-16/h3-4,9-10H,5-8H2,1-2H3. The molecule has 0 aliphatic rings. The molecule has 0 atom stereocenters. The van der Waals surface area contributed by atoms with Gasteiger partial charge in [-0.05, 0) is 30.5 Å². The number of aryl methyl sites for hydroxylation is 2. The summed E-state index contributed by atoms with van der Waals surface area (Å²) in [5, 5.41) is 0. The normalized spacial score (nSPS) is 11.6. The summed E-state index contributed by atoms with van der Waals surface area (Å²) in [7, 11) is 0. The SMILES string of the molecule is CC(C)CCn1c(CCCl)nc2cc(Br)ccc21. The van der Waals surface area contributed by atoms with Gasteiger partial charge in [0.2, 0.25) is 0 Å². The molecule has 0 saturated carbocycles. The maximum atomic E-state index is 5.87. The van der Waals surface area contributed by atoms with Crippen LogP contribution in [-0.2, 0) is 13.0 Å². The summed E-state index contributed by atoms with van der Waals surface area (Å²) in [5.74, 6) is 2.41. The molecule has 0 fully saturated rings. The first-order chi connectivity index (χ1) is 8.61. The molecule has 2 nitrogen and oxygen atoms in total. The van der Waals surface area contributed by atoms with Crippen molar-refractivity contribution in [3.63, 3.8) is 0 Å². The second kappa shape index (κ2) is 6.07. The van der Waals surface area contributed by atoms with E-state index in [1.807, 2.05) is 0 Å². The number of hydrogen-bond donors (Lipinski definition) is 0. The molecule has 2 rings (SSSR count). The van der Waals surface area contributed by atoms with Gasteiger partial charge in [0, 0.05) is 23.3 Å². The topological polar surface area (TPSA) is 17.8 Å². The summed E-state index contributed by atoms with van der Waals surface area (Å²) in [4.78, 5) is 4.69. The third-order valence-corrected chi connectivity index (χ3v) is 3.72. The number of hydrogen-bond acceptors (Lipinski definition) is 1. The lowest BCUT2D eigenvalue weighted by Gasteiger charge is -2.10. The van der Waals surface area contributed by atoms with E-state index in [0.29, 0.717) is 11.8 Å². The van der Waals surface area contributed by atoms with Gasteiger partial charge in [-0.25, -0.2) is 4.98 Å². The summed E-state index contributed by atoms with van der Waals surface area (Å²) in [6.07, 6.45) is 1.99. The van der Waals surface area contributed by atoms with Gasteiger partial charge in [-0.2, -0.15) is 0 Å². The Balaban J connectivity index is 2.41. The molecule has 0 amide bonds. The Bertz CT molecular complexity index is 534. The number of nitrogens with zero attached hydrogens (tertiary/aromatic N) is 2. The van der Waals surface area contributed by atoms with E-state index in [0.717, 1.165) is 35.2 Å². The first-order valence-corrected chi connectivity index (χ1v) is 7.65. The second-order valence-corrected chi connectivity index (χ2v) is 6.23. The van der Waals surface area contributed by atoms with Crippen molar-refractivity contribution in [1.29, 1.82) is 0 Å². The molecule has 0 N–H and O–H groups in total. The zero-order chi connectivity index (χ0) is 13.1. The number of fused-ring (bicyclic) bond motifs is 1. The van der Waals surface area contributed by atoms with Crippen molar-refractivity contribution in [3.8, 4) is 0 Å². The molecule has 0 radical (unpaired) electrons. The predicted molar refractivity (Wildman–Crippen MR) is 81.3 cm³/mol. The van der Waals surface area contributed by atoms with Gasteiger partial charge in [-0.1, -0.05) is 29.8 Å².